The number of thioether (sulfide) groups is 1. The van der Waals surface area contributed by atoms with Gasteiger partial charge in [0.1, 0.15) is 11.4 Å². The number of benzene rings is 2. The fourth-order valence-electron chi connectivity index (χ4n) is 3.05. The summed E-state index contributed by atoms with van der Waals surface area (Å²) >= 11 is 0.814. The normalized spacial score (nSPS) is 15.4. The van der Waals surface area contributed by atoms with Crippen LogP contribution in [0.1, 0.15) is 21.7 Å². The van der Waals surface area contributed by atoms with Crippen LogP contribution in [0, 0.1) is 12.7 Å². The maximum atomic E-state index is 13.0. The summed E-state index contributed by atoms with van der Waals surface area (Å²) in [6, 6.07) is 12.9. The lowest BCUT2D eigenvalue weighted by molar-refractivity contribution is -0.122. The Labute approximate surface area is 175 Å². The number of furan rings is 1. The molecule has 6 nitrogen and oxygen atoms in total. The Kier molecular flexibility index (Phi) is 5.41. The van der Waals surface area contributed by atoms with E-state index in [2.05, 4.69) is 5.32 Å². The van der Waals surface area contributed by atoms with Crippen molar-refractivity contribution < 1.29 is 23.2 Å². The Morgan fingerprint density at radius 3 is 2.70 bits per heavy atom. The quantitative estimate of drug-likeness (QED) is 0.616. The second kappa shape index (κ2) is 8.16. The Morgan fingerprint density at radius 2 is 1.93 bits per heavy atom. The van der Waals surface area contributed by atoms with Gasteiger partial charge in [-0.15, -0.1) is 0 Å². The second-order valence-corrected chi connectivity index (χ2v) is 7.79. The third-order valence-electron chi connectivity index (χ3n) is 4.56. The van der Waals surface area contributed by atoms with E-state index in [9.17, 15) is 18.8 Å². The van der Waals surface area contributed by atoms with Crippen LogP contribution in [0.5, 0.6) is 0 Å². The Balaban J connectivity index is 1.37. The molecule has 1 aromatic heterocycles. The molecular formula is C22H17FN2O4S. The molecule has 2 aromatic carbocycles. The highest BCUT2D eigenvalue weighted by molar-refractivity contribution is 8.18. The van der Waals surface area contributed by atoms with Crippen LogP contribution in [0.2, 0.25) is 0 Å². The lowest BCUT2D eigenvalue weighted by atomic mass is 10.2. The van der Waals surface area contributed by atoms with Gasteiger partial charge in [0.25, 0.3) is 17.1 Å². The fraction of sp³-hybridized carbons (Fsp3) is 0.136. The van der Waals surface area contributed by atoms with Gasteiger partial charge in [-0.2, -0.15) is 0 Å². The van der Waals surface area contributed by atoms with Crippen LogP contribution < -0.4 is 5.32 Å². The Morgan fingerprint density at radius 1 is 1.17 bits per heavy atom. The first-order valence-electron chi connectivity index (χ1n) is 9.20. The van der Waals surface area contributed by atoms with Gasteiger partial charge >= 0.3 is 0 Å². The van der Waals surface area contributed by atoms with Gasteiger partial charge in [0, 0.05) is 18.5 Å². The van der Waals surface area contributed by atoms with Crippen molar-refractivity contribution in [2.45, 2.75) is 6.92 Å². The summed E-state index contributed by atoms with van der Waals surface area (Å²) in [4.78, 5) is 38.3. The topological polar surface area (TPSA) is 79.6 Å². The second-order valence-electron chi connectivity index (χ2n) is 6.79. The van der Waals surface area contributed by atoms with Gasteiger partial charge in [0.05, 0.1) is 4.91 Å². The van der Waals surface area contributed by atoms with Crippen LogP contribution in [0.3, 0.4) is 0 Å². The molecule has 1 fully saturated rings. The molecule has 1 saturated heterocycles. The number of hydrogen-bond acceptors (Lipinski definition) is 5. The lowest BCUT2D eigenvalue weighted by Gasteiger charge is -2.12. The molecule has 1 aliphatic heterocycles. The highest BCUT2D eigenvalue weighted by atomic mass is 32.2. The average molecular weight is 424 g/mol. The molecule has 152 valence electrons. The standard InChI is InChI=1S/C22H17FN2O4S/c1-13-2-7-17-15(10-13)12-18(29-17)20(26)24-8-9-25-21(27)19(30-22(25)28)11-14-3-5-16(23)6-4-14/h2-7,10-12H,8-9H2,1H3,(H,24,26). The lowest BCUT2D eigenvalue weighted by Crippen LogP contribution is -2.37. The third-order valence-corrected chi connectivity index (χ3v) is 5.47. The molecule has 2 heterocycles. The molecule has 0 unspecified atom stereocenters. The number of imide groups is 1. The van der Waals surface area contributed by atoms with Gasteiger partial charge in [0.15, 0.2) is 5.76 Å². The van der Waals surface area contributed by atoms with Crippen LogP contribution in [0.4, 0.5) is 9.18 Å². The van der Waals surface area contributed by atoms with Crippen molar-refractivity contribution in [2.75, 3.05) is 13.1 Å². The number of fused-ring (bicyclic) bond motifs is 1. The minimum absolute atomic E-state index is 0.0382. The van der Waals surface area contributed by atoms with E-state index in [0.717, 1.165) is 27.6 Å². The number of nitrogens with one attached hydrogen (secondary N) is 1. The molecule has 8 heteroatoms. The van der Waals surface area contributed by atoms with Crippen LogP contribution >= 0.6 is 11.8 Å². The van der Waals surface area contributed by atoms with E-state index in [-0.39, 0.29) is 29.6 Å². The van der Waals surface area contributed by atoms with Crippen LogP contribution in [0.15, 0.2) is 57.9 Å². The van der Waals surface area contributed by atoms with Crippen LogP contribution in [-0.2, 0) is 4.79 Å². The molecule has 0 spiro atoms. The maximum Gasteiger partial charge on any atom is 0.293 e. The Hall–Kier alpha value is -3.39. The molecule has 4 rings (SSSR count). The molecular weight excluding hydrogens is 407 g/mol. The molecule has 0 bridgehead atoms. The average Bonchev–Trinajstić information content (AvgIpc) is 3.25. The third kappa shape index (κ3) is 4.13. The van der Waals surface area contributed by atoms with Gasteiger partial charge in [0.2, 0.25) is 0 Å². The highest BCUT2D eigenvalue weighted by Crippen LogP contribution is 2.32. The largest absolute Gasteiger partial charge is 0.451 e. The summed E-state index contributed by atoms with van der Waals surface area (Å²) in [6.07, 6.45) is 1.54. The van der Waals surface area contributed by atoms with Gasteiger partial charge in [-0.3, -0.25) is 19.3 Å². The zero-order chi connectivity index (χ0) is 21.3. The zero-order valence-corrected chi connectivity index (χ0v) is 16.8. The van der Waals surface area contributed by atoms with E-state index >= 15 is 0 Å². The van der Waals surface area contributed by atoms with Gasteiger partial charge in [-0.05, 0) is 60.7 Å². The maximum absolute atomic E-state index is 13.0. The number of aryl methyl sites for hydroxylation is 1. The van der Waals surface area contributed by atoms with Gasteiger partial charge in [-0.25, -0.2) is 4.39 Å². The molecule has 0 atom stereocenters. The Bertz CT molecular complexity index is 1180. The first-order valence-corrected chi connectivity index (χ1v) is 10.0. The van der Waals surface area contributed by atoms with Crippen molar-refractivity contribution in [3.8, 4) is 0 Å². The van der Waals surface area contributed by atoms with Crippen molar-refractivity contribution in [2.24, 2.45) is 0 Å². The molecule has 3 amide bonds. The van der Waals surface area contributed by atoms with Crippen molar-refractivity contribution in [3.05, 3.63) is 76.1 Å². The van der Waals surface area contributed by atoms with Crippen LogP contribution in [-0.4, -0.2) is 35.0 Å². The number of hydrogen-bond donors (Lipinski definition) is 1. The van der Waals surface area contributed by atoms with Crippen molar-refractivity contribution in [1.82, 2.24) is 10.2 Å². The van der Waals surface area contributed by atoms with Crippen LogP contribution in [0.25, 0.3) is 17.0 Å². The first kappa shape index (κ1) is 19.9. The van der Waals surface area contributed by atoms with E-state index in [1.165, 1.54) is 24.3 Å². The molecule has 0 radical (unpaired) electrons. The summed E-state index contributed by atoms with van der Waals surface area (Å²) in [5.74, 6) is -1.07. The summed E-state index contributed by atoms with van der Waals surface area (Å²) in [5.41, 5.74) is 2.29. The molecule has 0 aliphatic carbocycles. The van der Waals surface area contributed by atoms with E-state index in [0.29, 0.717) is 11.1 Å². The zero-order valence-electron chi connectivity index (χ0n) is 16.0. The fourth-order valence-corrected chi connectivity index (χ4v) is 3.91. The number of nitrogens with zero attached hydrogens (tertiary/aromatic N) is 1. The molecule has 30 heavy (non-hydrogen) atoms. The summed E-state index contributed by atoms with van der Waals surface area (Å²) < 4.78 is 18.6. The van der Waals surface area contributed by atoms with E-state index in [4.69, 9.17) is 4.42 Å². The highest BCUT2D eigenvalue weighted by Gasteiger charge is 2.34. The minimum atomic E-state index is -0.442. The minimum Gasteiger partial charge on any atom is -0.451 e. The summed E-state index contributed by atoms with van der Waals surface area (Å²) in [5, 5.41) is 3.08. The van der Waals surface area contributed by atoms with Crippen molar-refractivity contribution in [3.63, 3.8) is 0 Å². The molecule has 1 aliphatic rings. The van der Waals surface area contributed by atoms with Crippen molar-refractivity contribution in [1.29, 1.82) is 0 Å². The molecule has 1 N–H and O–H groups in total. The number of carbonyl (C=O) groups excluding carboxylic acids is 3. The van der Waals surface area contributed by atoms with Gasteiger partial charge in [-0.1, -0.05) is 23.8 Å². The molecule has 0 saturated carbocycles. The predicted octanol–water partition coefficient (Wildman–Crippen LogP) is 4.35. The number of rotatable bonds is 5. The van der Waals surface area contributed by atoms with E-state index < -0.39 is 17.1 Å². The first-order chi connectivity index (χ1) is 14.4. The number of carbonyl (C=O) groups is 3. The summed E-state index contributed by atoms with van der Waals surface area (Å²) in [7, 11) is 0. The van der Waals surface area contributed by atoms with E-state index in [1.807, 2.05) is 19.1 Å². The summed E-state index contributed by atoms with van der Waals surface area (Å²) in [6.45, 7) is 2.08. The molecule has 3 aromatic rings. The van der Waals surface area contributed by atoms with Gasteiger partial charge < -0.3 is 9.73 Å². The smallest absolute Gasteiger partial charge is 0.293 e. The van der Waals surface area contributed by atoms with E-state index in [1.54, 1.807) is 18.2 Å². The number of amides is 3. The van der Waals surface area contributed by atoms with Crippen molar-refractivity contribution >= 4 is 45.9 Å². The monoisotopic (exact) mass is 424 g/mol. The predicted molar refractivity (Wildman–Crippen MR) is 112 cm³/mol. The number of halogens is 1. The SMILES string of the molecule is Cc1ccc2oc(C(=O)NCCN3C(=O)SC(=Cc4ccc(F)cc4)C3=O)cc2c1.